The number of carbonyl (C=O) groups is 1. The second-order valence-electron chi connectivity index (χ2n) is 8.48. The minimum absolute atomic E-state index is 0.144. The Morgan fingerprint density at radius 1 is 0.906 bits per heavy atom. The van der Waals surface area contributed by atoms with E-state index in [1.165, 1.54) is 10.2 Å². The number of amides is 1. The van der Waals surface area contributed by atoms with Crippen LogP contribution in [0.2, 0.25) is 0 Å². The van der Waals surface area contributed by atoms with Crippen molar-refractivity contribution in [2.24, 2.45) is 0 Å². The number of carbonyl (C=O) groups excluding carboxylic acids is 1. The van der Waals surface area contributed by atoms with Crippen LogP contribution in [0.3, 0.4) is 0 Å². The van der Waals surface area contributed by atoms with Gasteiger partial charge >= 0.3 is 0 Å². The first-order valence-corrected chi connectivity index (χ1v) is 11.0. The van der Waals surface area contributed by atoms with E-state index in [1.54, 1.807) is 12.1 Å². The second kappa shape index (κ2) is 8.98. The van der Waals surface area contributed by atoms with Crippen LogP contribution in [0.15, 0.2) is 41.2 Å². The highest BCUT2D eigenvalue weighted by atomic mass is 16.2. The summed E-state index contributed by atoms with van der Waals surface area (Å²) in [6.07, 6.45) is 0.442. The van der Waals surface area contributed by atoms with E-state index in [0.29, 0.717) is 39.1 Å². The van der Waals surface area contributed by atoms with Crippen molar-refractivity contribution >= 4 is 11.7 Å². The molecule has 0 unspecified atom stereocenters. The van der Waals surface area contributed by atoms with Gasteiger partial charge in [-0.05, 0) is 63.1 Å². The van der Waals surface area contributed by atoms with Crippen molar-refractivity contribution in [1.29, 1.82) is 0 Å². The molecule has 0 spiro atoms. The molecule has 8 nitrogen and oxygen atoms in total. The predicted molar refractivity (Wildman–Crippen MR) is 124 cm³/mol. The molecular formula is C24H30N6O2. The van der Waals surface area contributed by atoms with Crippen molar-refractivity contribution < 1.29 is 4.79 Å². The van der Waals surface area contributed by atoms with E-state index in [0.717, 1.165) is 28.5 Å². The zero-order valence-electron chi connectivity index (χ0n) is 19.2. The minimum Gasteiger partial charge on any atom is -0.352 e. The normalized spacial score (nSPS) is 14.1. The molecule has 1 saturated heterocycles. The molecule has 0 radical (unpaired) electrons. The van der Waals surface area contributed by atoms with Gasteiger partial charge in [-0.25, -0.2) is 0 Å². The molecule has 32 heavy (non-hydrogen) atoms. The van der Waals surface area contributed by atoms with Gasteiger partial charge in [-0.15, -0.1) is 5.10 Å². The smallest absolute Gasteiger partial charge is 0.271 e. The summed E-state index contributed by atoms with van der Waals surface area (Å²) >= 11 is 0. The summed E-state index contributed by atoms with van der Waals surface area (Å²) in [6.45, 7) is 11.3. The van der Waals surface area contributed by atoms with Crippen molar-refractivity contribution in [3.05, 3.63) is 69.3 Å². The van der Waals surface area contributed by atoms with Crippen molar-refractivity contribution in [3.63, 3.8) is 0 Å². The molecule has 0 N–H and O–H groups in total. The van der Waals surface area contributed by atoms with E-state index in [4.69, 9.17) is 0 Å². The molecule has 1 amide bonds. The van der Waals surface area contributed by atoms with Gasteiger partial charge in [-0.2, -0.15) is 9.78 Å². The molecule has 8 heteroatoms. The summed E-state index contributed by atoms with van der Waals surface area (Å²) in [5, 5.41) is 9.04. The molecule has 0 saturated carbocycles. The van der Waals surface area contributed by atoms with Gasteiger partial charge in [0.1, 0.15) is 5.82 Å². The molecular weight excluding hydrogens is 404 g/mol. The quantitative estimate of drug-likeness (QED) is 0.616. The van der Waals surface area contributed by atoms with Crippen LogP contribution in [-0.2, 0) is 11.3 Å². The average molecular weight is 435 g/mol. The number of piperazine rings is 1. The van der Waals surface area contributed by atoms with E-state index >= 15 is 0 Å². The fourth-order valence-electron chi connectivity index (χ4n) is 4.06. The Balaban J connectivity index is 1.39. The molecule has 4 rings (SSSR count). The number of rotatable bonds is 5. The van der Waals surface area contributed by atoms with Crippen molar-refractivity contribution in [2.75, 3.05) is 31.1 Å². The molecule has 168 valence electrons. The zero-order chi connectivity index (χ0) is 22.8. The lowest BCUT2D eigenvalue weighted by Gasteiger charge is -2.35. The Bertz CT molecular complexity index is 1190. The Hall–Kier alpha value is -3.42. The first kappa shape index (κ1) is 21.8. The minimum atomic E-state index is -0.157. The molecule has 2 aromatic heterocycles. The molecule has 0 atom stereocenters. The third-order valence-electron chi connectivity index (χ3n) is 6.12. The van der Waals surface area contributed by atoms with Crippen LogP contribution in [0.1, 0.15) is 28.9 Å². The summed E-state index contributed by atoms with van der Waals surface area (Å²) in [5.74, 6) is 0.892. The van der Waals surface area contributed by atoms with Gasteiger partial charge < -0.3 is 9.80 Å². The first-order valence-electron chi connectivity index (χ1n) is 11.0. The monoisotopic (exact) mass is 434 g/mol. The summed E-state index contributed by atoms with van der Waals surface area (Å²) < 4.78 is 3.34. The van der Waals surface area contributed by atoms with Crippen LogP contribution in [-0.4, -0.2) is 56.5 Å². The van der Waals surface area contributed by atoms with E-state index in [1.807, 2.05) is 61.5 Å². The molecule has 3 aromatic rings. The predicted octanol–water partition coefficient (Wildman–Crippen LogP) is 2.40. The first-order chi connectivity index (χ1) is 15.3. The lowest BCUT2D eigenvalue weighted by molar-refractivity contribution is -0.131. The lowest BCUT2D eigenvalue weighted by atomic mass is 10.1. The van der Waals surface area contributed by atoms with Gasteiger partial charge in [0.25, 0.3) is 5.56 Å². The van der Waals surface area contributed by atoms with E-state index in [2.05, 4.69) is 15.1 Å². The third kappa shape index (κ3) is 4.59. The maximum atomic E-state index is 12.7. The standard InChI is InChI=1S/C24H30N6O2/c1-17-5-6-21(15-18(17)2)30-24(32)8-7-22(26-30)27-11-13-28(14-12-27)23(31)9-10-29-20(4)16-19(3)25-29/h5-8,15-16H,9-14H2,1-4H3. The maximum absolute atomic E-state index is 12.7. The summed E-state index contributed by atoms with van der Waals surface area (Å²) in [6, 6.07) is 11.2. The van der Waals surface area contributed by atoms with Crippen LogP contribution >= 0.6 is 0 Å². The Morgan fingerprint density at radius 2 is 1.66 bits per heavy atom. The average Bonchev–Trinajstić information content (AvgIpc) is 3.11. The fraction of sp³-hybridized carbons (Fsp3) is 0.417. The Morgan fingerprint density at radius 3 is 2.31 bits per heavy atom. The highest BCUT2D eigenvalue weighted by Crippen LogP contribution is 2.16. The van der Waals surface area contributed by atoms with Gasteiger partial charge in [-0.3, -0.25) is 14.3 Å². The van der Waals surface area contributed by atoms with Gasteiger partial charge in [-0.1, -0.05) is 6.07 Å². The fourth-order valence-corrected chi connectivity index (χ4v) is 4.06. The zero-order valence-corrected chi connectivity index (χ0v) is 19.2. The van der Waals surface area contributed by atoms with E-state index in [9.17, 15) is 9.59 Å². The van der Waals surface area contributed by atoms with Crippen LogP contribution in [0, 0.1) is 27.7 Å². The number of hydrogen-bond donors (Lipinski definition) is 0. The third-order valence-corrected chi connectivity index (χ3v) is 6.12. The van der Waals surface area contributed by atoms with Crippen LogP contribution in [0.25, 0.3) is 5.69 Å². The van der Waals surface area contributed by atoms with Crippen LogP contribution < -0.4 is 10.5 Å². The number of benzene rings is 1. The molecule has 3 heterocycles. The maximum Gasteiger partial charge on any atom is 0.271 e. The van der Waals surface area contributed by atoms with Crippen molar-refractivity contribution in [1.82, 2.24) is 24.5 Å². The number of aryl methyl sites for hydroxylation is 5. The van der Waals surface area contributed by atoms with Gasteiger partial charge in [0.05, 0.1) is 11.4 Å². The molecule has 1 aliphatic rings. The van der Waals surface area contributed by atoms with E-state index in [-0.39, 0.29) is 11.5 Å². The molecule has 0 aliphatic carbocycles. The van der Waals surface area contributed by atoms with Gasteiger partial charge in [0.15, 0.2) is 0 Å². The highest BCUT2D eigenvalue weighted by molar-refractivity contribution is 5.76. The van der Waals surface area contributed by atoms with Crippen LogP contribution in [0.5, 0.6) is 0 Å². The molecule has 1 aliphatic heterocycles. The molecule has 1 aromatic carbocycles. The molecule has 0 bridgehead atoms. The number of nitrogens with zero attached hydrogens (tertiary/aromatic N) is 6. The SMILES string of the molecule is Cc1cc(C)n(CCC(=O)N2CCN(c3ccc(=O)n(-c4ccc(C)c(C)c4)n3)CC2)n1. The van der Waals surface area contributed by atoms with Gasteiger partial charge in [0, 0.05) is 50.9 Å². The summed E-state index contributed by atoms with van der Waals surface area (Å²) in [7, 11) is 0. The van der Waals surface area contributed by atoms with Crippen molar-refractivity contribution in [3.8, 4) is 5.69 Å². The van der Waals surface area contributed by atoms with E-state index < -0.39 is 0 Å². The second-order valence-corrected chi connectivity index (χ2v) is 8.48. The van der Waals surface area contributed by atoms with Crippen LogP contribution in [0.4, 0.5) is 5.82 Å². The lowest BCUT2D eigenvalue weighted by Crippen LogP contribution is -2.49. The largest absolute Gasteiger partial charge is 0.352 e. The topological polar surface area (TPSA) is 76.3 Å². The number of aromatic nitrogens is 4. The Kier molecular flexibility index (Phi) is 6.12. The molecule has 1 fully saturated rings. The van der Waals surface area contributed by atoms with Crippen molar-refractivity contribution in [2.45, 2.75) is 40.7 Å². The summed E-state index contributed by atoms with van der Waals surface area (Å²) in [4.78, 5) is 29.1. The number of hydrogen-bond acceptors (Lipinski definition) is 5. The highest BCUT2D eigenvalue weighted by Gasteiger charge is 2.22. The number of anilines is 1. The van der Waals surface area contributed by atoms with Gasteiger partial charge in [0.2, 0.25) is 5.91 Å². The Labute approximate surface area is 188 Å². The summed E-state index contributed by atoms with van der Waals surface area (Å²) in [5.41, 5.74) is 4.95.